The lowest BCUT2D eigenvalue weighted by Gasteiger charge is -2.17. The highest BCUT2D eigenvalue weighted by Gasteiger charge is 2.28. The highest BCUT2D eigenvalue weighted by molar-refractivity contribution is 6.10. The van der Waals surface area contributed by atoms with Crippen molar-refractivity contribution in [1.82, 2.24) is 39.9 Å². The fraction of sp³-hybridized carbons (Fsp3) is 0.385. The highest BCUT2D eigenvalue weighted by Crippen LogP contribution is 2.45. The van der Waals surface area contributed by atoms with Crippen LogP contribution >= 0.6 is 0 Å². The van der Waals surface area contributed by atoms with E-state index in [2.05, 4.69) is 65.4 Å². The van der Waals surface area contributed by atoms with Crippen molar-refractivity contribution in [3.63, 3.8) is 0 Å². The zero-order chi connectivity index (χ0) is 44.5. The van der Waals surface area contributed by atoms with Crippen LogP contribution in [0.4, 0.5) is 0 Å². The van der Waals surface area contributed by atoms with Crippen molar-refractivity contribution >= 4 is 44.1 Å². The Balaban J connectivity index is 1.45. The van der Waals surface area contributed by atoms with Crippen LogP contribution < -0.4 is 18.9 Å². The Morgan fingerprint density at radius 3 is 1.03 bits per heavy atom. The van der Waals surface area contributed by atoms with Crippen LogP contribution in [0.3, 0.4) is 0 Å². The summed E-state index contributed by atoms with van der Waals surface area (Å²) in [7, 11) is 0. The minimum Gasteiger partial charge on any atom is -0.490 e. The lowest BCUT2D eigenvalue weighted by Crippen LogP contribution is -2.14. The molecule has 2 aliphatic rings. The molecule has 0 saturated heterocycles. The van der Waals surface area contributed by atoms with Gasteiger partial charge in [0, 0.05) is 21.9 Å². The number of ether oxygens (including phenoxy) is 4. The van der Waals surface area contributed by atoms with Crippen molar-refractivity contribution in [1.29, 1.82) is 0 Å². The normalized spacial score (nSPS) is 12.2. The van der Waals surface area contributed by atoms with E-state index in [1.54, 1.807) is 0 Å². The predicted octanol–water partition coefficient (Wildman–Crippen LogP) is 13.1. The first-order valence-electron chi connectivity index (χ1n) is 23.3. The Morgan fingerprint density at radius 2 is 0.672 bits per heavy atom. The fourth-order valence-electron chi connectivity index (χ4n) is 8.79. The molecule has 9 rings (SSSR count). The standard InChI is InChI=1S/C52H58N8O4/c1-9-29(10-2)61-37-25-17-21-33-41(37)49-53-45(33)58-50-43-35(23-19-27-39(43)63-31(13-5)14-6)47(55-50)60-52-44-36(24-20-28-40(44)64-32(15-7)16-8)48(56-52)59-51-42-34(46(54-51)57-49)22-18-26-38(42)62-30(11-3)12-4/h17-32H,9-16H2,1-8H3,(H2,53,54,55,56,57,58,59,60). The number of nitrogens with one attached hydrogen (secondary N) is 2. The second-order valence-corrected chi connectivity index (χ2v) is 16.5. The average Bonchev–Trinajstić information content (AvgIpc) is 4.07. The molecule has 2 N–H and O–H groups in total. The summed E-state index contributed by atoms with van der Waals surface area (Å²) in [5.41, 5.74) is 5.43. The molecule has 0 fully saturated rings. The number of rotatable bonds is 16. The van der Waals surface area contributed by atoms with Gasteiger partial charge in [0.1, 0.15) is 45.6 Å². The van der Waals surface area contributed by atoms with Gasteiger partial charge >= 0.3 is 0 Å². The van der Waals surface area contributed by atoms with Gasteiger partial charge in [0.25, 0.3) is 0 Å². The third-order valence-electron chi connectivity index (χ3n) is 12.6. The lowest BCUT2D eigenvalue weighted by atomic mass is 10.1. The Hall–Kier alpha value is -6.56. The third-order valence-corrected chi connectivity index (χ3v) is 12.6. The molecule has 64 heavy (non-hydrogen) atoms. The summed E-state index contributed by atoms with van der Waals surface area (Å²) in [4.78, 5) is 39.1. The molecule has 3 aromatic heterocycles. The van der Waals surface area contributed by atoms with E-state index in [9.17, 15) is 0 Å². The van der Waals surface area contributed by atoms with Crippen LogP contribution in [0, 0.1) is 0 Å². The van der Waals surface area contributed by atoms with Crippen LogP contribution in [0.1, 0.15) is 107 Å². The molecule has 0 unspecified atom stereocenters. The van der Waals surface area contributed by atoms with E-state index in [0.29, 0.717) is 68.9 Å². The van der Waals surface area contributed by atoms with E-state index in [-0.39, 0.29) is 24.4 Å². The topological polar surface area (TPSA) is 146 Å². The summed E-state index contributed by atoms with van der Waals surface area (Å²) in [5.74, 6) is 4.74. The van der Waals surface area contributed by atoms with Gasteiger partial charge in [0.05, 0.1) is 46.3 Å². The van der Waals surface area contributed by atoms with E-state index >= 15 is 0 Å². The number of hydrogen-bond acceptors (Lipinski definition) is 10. The number of H-pyrrole nitrogens is 2. The molecule has 0 saturated carbocycles. The zero-order valence-corrected chi connectivity index (χ0v) is 38.2. The van der Waals surface area contributed by atoms with E-state index in [1.807, 2.05) is 72.8 Å². The molecule has 0 amide bonds. The smallest absolute Gasteiger partial charge is 0.168 e. The van der Waals surface area contributed by atoms with Gasteiger partial charge in [0.2, 0.25) is 0 Å². The molecule has 5 heterocycles. The largest absolute Gasteiger partial charge is 0.490 e. The van der Waals surface area contributed by atoms with Crippen LogP contribution in [0.5, 0.6) is 23.0 Å². The number of fused-ring (bicyclic) bond motifs is 20. The third kappa shape index (κ3) is 7.77. The Kier molecular flexibility index (Phi) is 12.2. The SMILES string of the molecule is CCC(CC)Oc1cccc2c1-c1nc-2nc2[nH]c(nc3nc(nc4[nH]c(n1)c1cccc(OC(CC)CC)c41)-c1cccc(OC(CC)CC)c1-3)c1cccc(OC(CC)CC)c21. The van der Waals surface area contributed by atoms with Gasteiger partial charge in [-0.1, -0.05) is 104 Å². The first kappa shape index (κ1) is 42.7. The fourth-order valence-corrected chi connectivity index (χ4v) is 8.79. The van der Waals surface area contributed by atoms with E-state index in [4.69, 9.17) is 48.9 Å². The number of hydrogen-bond donors (Lipinski definition) is 2. The van der Waals surface area contributed by atoms with Gasteiger partial charge in [0.15, 0.2) is 23.3 Å². The lowest BCUT2D eigenvalue weighted by molar-refractivity contribution is 0.193. The number of aromatic amines is 2. The van der Waals surface area contributed by atoms with Gasteiger partial charge in [-0.05, 0) is 75.6 Å². The molecule has 2 aliphatic heterocycles. The summed E-state index contributed by atoms with van der Waals surface area (Å²) >= 11 is 0. The Morgan fingerprint density at radius 1 is 0.359 bits per heavy atom. The first-order valence-corrected chi connectivity index (χ1v) is 23.3. The first-order chi connectivity index (χ1) is 31.3. The summed E-state index contributed by atoms with van der Waals surface area (Å²) in [5, 5.41) is 3.27. The summed E-state index contributed by atoms with van der Waals surface area (Å²) in [6.45, 7) is 17.1. The monoisotopic (exact) mass is 858 g/mol. The summed E-state index contributed by atoms with van der Waals surface area (Å²) in [6.07, 6.45) is 6.89. The van der Waals surface area contributed by atoms with Gasteiger partial charge in [-0.15, -0.1) is 0 Å². The molecule has 0 radical (unpaired) electrons. The van der Waals surface area contributed by atoms with Crippen molar-refractivity contribution in [2.24, 2.45) is 0 Å². The van der Waals surface area contributed by atoms with Crippen molar-refractivity contribution in [3.05, 3.63) is 72.8 Å². The molecule has 0 spiro atoms. The molecule has 7 aromatic rings. The number of nitrogens with zero attached hydrogens (tertiary/aromatic N) is 6. The number of aromatic nitrogens is 8. The maximum atomic E-state index is 6.73. The second kappa shape index (κ2) is 18.3. The van der Waals surface area contributed by atoms with E-state index in [0.717, 1.165) is 95.2 Å². The second-order valence-electron chi connectivity index (χ2n) is 16.5. The van der Waals surface area contributed by atoms with Gasteiger partial charge in [-0.3, -0.25) is 0 Å². The molecular weight excluding hydrogens is 801 g/mol. The summed E-state index contributed by atoms with van der Waals surface area (Å²) < 4.78 is 26.9. The van der Waals surface area contributed by atoms with E-state index in [1.165, 1.54) is 0 Å². The molecule has 4 aromatic carbocycles. The molecule has 330 valence electrons. The quantitative estimate of drug-likeness (QED) is 0.0962. The maximum absolute atomic E-state index is 6.73. The molecular formula is C52H58N8O4. The van der Waals surface area contributed by atoms with Crippen molar-refractivity contribution in [2.75, 3.05) is 0 Å². The van der Waals surface area contributed by atoms with Crippen LogP contribution in [0.15, 0.2) is 72.8 Å². The van der Waals surface area contributed by atoms with Crippen molar-refractivity contribution in [3.8, 4) is 68.5 Å². The van der Waals surface area contributed by atoms with Crippen molar-refractivity contribution < 1.29 is 18.9 Å². The number of benzene rings is 4. The minimum absolute atomic E-state index is 0.00970. The predicted molar refractivity (Wildman–Crippen MR) is 256 cm³/mol. The molecule has 0 aliphatic carbocycles. The molecule has 0 atom stereocenters. The van der Waals surface area contributed by atoms with Crippen LogP contribution in [0.25, 0.3) is 89.7 Å². The van der Waals surface area contributed by atoms with Gasteiger partial charge in [-0.25, -0.2) is 29.9 Å². The molecule has 12 nitrogen and oxygen atoms in total. The zero-order valence-electron chi connectivity index (χ0n) is 38.2. The molecule has 12 heteroatoms. The highest BCUT2D eigenvalue weighted by atomic mass is 16.5. The average molecular weight is 859 g/mol. The Bertz CT molecular complexity index is 2790. The van der Waals surface area contributed by atoms with Crippen LogP contribution in [0.2, 0.25) is 0 Å². The minimum atomic E-state index is 0.00970. The molecule has 8 bridgehead atoms. The van der Waals surface area contributed by atoms with Gasteiger partial charge in [-0.2, -0.15) is 0 Å². The van der Waals surface area contributed by atoms with Crippen LogP contribution in [-0.4, -0.2) is 64.3 Å². The Labute approximate surface area is 374 Å². The van der Waals surface area contributed by atoms with Gasteiger partial charge < -0.3 is 28.9 Å². The summed E-state index contributed by atoms with van der Waals surface area (Å²) in [6, 6.07) is 24.1. The van der Waals surface area contributed by atoms with Crippen LogP contribution in [-0.2, 0) is 0 Å². The maximum Gasteiger partial charge on any atom is 0.168 e. The van der Waals surface area contributed by atoms with E-state index < -0.39 is 0 Å². The van der Waals surface area contributed by atoms with Crippen molar-refractivity contribution in [2.45, 2.75) is 131 Å².